The zero-order valence-electron chi connectivity index (χ0n) is 8.66. The monoisotopic (exact) mass is 185 g/mol. The summed E-state index contributed by atoms with van der Waals surface area (Å²) < 4.78 is 5.38. The molecule has 1 fully saturated rings. The van der Waals surface area contributed by atoms with Gasteiger partial charge in [-0.2, -0.15) is 0 Å². The molecule has 0 bridgehead atoms. The van der Waals surface area contributed by atoms with Gasteiger partial charge in [-0.05, 0) is 12.3 Å². The second-order valence-corrected chi connectivity index (χ2v) is 3.57. The summed E-state index contributed by atoms with van der Waals surface area (Å²) in [6.45, 7) is 4.07. The van der Waals surface area contributed by atoms with Crippen LogP contribution in [0, 0.1) is 5.92 Å². The van der Waals surface area contributed by atoms with Crippen molar-refractivity contribution in [2.75, 3.05) is 27.2 Å². The van der Waals surface area contributed by atoms with Crippen molar-refractivity contribution in [1.82, 2.24) is 4.90 Å². The molecule has 2 N–H and O–H groups in total. The molecule has 0 aromatic rings. The van der Waals surface area contributed by atoms with E-state index >= 15 is 0 Å². The van der Waals surface area contributed by atoms with Gasteiger partial charge in [0.15, 0.2) is 5.96 Å². The third-order valence-electron chi connectivity index (χ3n) is 2.75. The Labute approximate surface area is 79.8 Å². The zero-order chi connectivity index (χ0) is 9.84. The molecule has 1 aliphatic heterocycles. The molecule has 0 radical (unpaired) electrons. The van der Waals surface area contributed by atoms with Gasteiger partial charge < -0.3 is 15.4 Å². The fourth-order valence-corrected chi connectivity index (χ4v) is 1.69. The highest BCUT2D eigenvalue weighted by Gasteiger charge is 2.26. The normalized spacial score (nSPS) is 30.7. The van der Waals surface area contributed by atoms with Crippen LogP contribution >= 0.6 is 0 Å². The minimum Gasteiger partial charge on any atom is -0.379 e. The first-order chi connectivity index (χ1) is 6.19. The van der Waals surface area contributed by atoms with E-state index in [0.29, 0.717) is 11.9 Å². The van der Waals surface area contributed by atoms with Gasteiger partial charge in [-0.15, -0.1) is 0 Å². The number of piperidine rings is 1. The highest BCUT2D eigenvalue weighted by molar-refractivity contribution is 5.78. The molecule has 2 atom stereocenters. The maximum Gasteiger partial charge on any atom is 0.191 e. The molecule has 13 heavy (non-hydrogen) atoms. The SMILES string of the molecule is CN=C(N)N1CCC(C)C(OC)C1. The van der Waals surface area contributed by atoms with E-state index in [0.717, 1.165) is 19.5 Å². The zero-order valence-corrected chi connectivity index (χ0v) is 8.66. The first-order valence-electron chi connectivity index (χ1n) is 4.69. The maximum absolute atomic E-state index is 5.73. The molecule has 0 saturated carbocycles. The standard InChI is InChI=1S/C9H19N3O/c1-7-4-5-12(9(10)11-2)6-8(7)13-3/h7-8H,4-6H2,1-3H3,(H2,10,11). The fourth-order valence-electron chi connectivity index (χ4n) is 1.69. The summed E-state index contributed by atoms with van der Waals surface area (Å²) >= 11 is 0. The van der Waals surface area contributed by atoms with Crippen LogP contribution in [0.1, 0.15) is 13.3 Å². The third kappa shape index (κ3) is 2.34. The number of guanidine groups is 1. The molecule has 1 aliphatic rings. The molecule has 4 nitrogen and oxygen atoms in total. The minimum atomic E-state index is 0.286. The number of ether oxygens (including phenoxy) is 1. The van der Waals surface area contributed by atoms with Crippen molar-refractivity contribution in [3.63, 3.8) is 0 Å². The lowest BCUT2D eigenvalue weighted by atomic mass is 9.96. The lowest BCUT2D eigenvalue weighted by Crippen LogP contribution is -2.49. The van der Waals surface area contributed by atoms with Gasteiger partial charge in [0, 0.05) is 27.2 Å². The molecule has 0 spiro atoms. The van der Waals surface area contributed by atoms with Gasteiger partial charge in [0.2, 0.25) is 0 Å². The van der Waals surface area contributed by atoms with Gasteiger partial charge in [0.25, 0.3) is 0 Å². The summed E-state index contributed by atoms with van der Waals surface area (Å²) in [5.74, 6) is 1.24. The lowest BCUT2D eigenvalue weighted by Gasteiger charge is -2.36. The van der Waals surface area contributed by atoms with E-state index in [9.17, 15) is 0 Å². The number of nitrogens with zero attached hydrogens (tertiary/aromatic N) is 2. The van der Waals surface area contributed by atoms with Gasteiger partial charge in [-0.3, -0.25) is 4.99 Å². The molecule has 76 valence electrons. The maximum atomic E-state index is 5.73. The summed E-state index contributed by atoms with van der Waals surface area (Å²) in [6.07, 6.45) is 1.41. The smallest absolute Gasteiger partial charge is 0.191 e. The first kappa shape index (κ1) is 10.3. The molecule has 4 heteroatoms. The van der Waals surface area contributed by atoms with Crippen molar-refractivity contribution >= 4 is 5.96 Å². The van der Waals surface area contributed by atoms with Gasteiger partial charge >= 0.3 is 0 Å². The van der Waals surface area contributed by atoms with Crippen molar-refractivity contribution in [2.24, 2.45) is 16.6 Å². The Morgan fingerprint density at radius 2 is 2.31 bits per heavy atom. The Bertz CT molecular complexity index is 193. The van der Waals surface area contributed by atoms with Crippen molar-refractivity contribution in [3.05, 3.63) is 0 Å². The predicted molar refractivity (Wildman–Crippen MR) is 53.7 cm³/mol. The molecule has 2 unspecified atom stereocenters. The van der Waals surface area contributed by atoms with Crippen LogP contribution < -0.4 is 5.73 Å². The number of hydrogen-bond donors (Lipinski definition) is 1. The number of hydrogen-bond acceptors (Lipinski definition) is 2. The van der Waals surface area contributed by atoms with Crippen molar-refractivity contribution in [1.29, 1.82) is 0 Å². The molecule has 1 rings (SSSR count). The summed E-state index contributed by atoms with van der Waals surface area (Å²) in [7, 11) is 3.47. The van der Waals surface area contributed by atoms with E-state index in [-0.39, 0.29) is 6.10 Å². The molecule has 0 aromatic carbocycles. The number of nitrogens with two attached hydrogens (primary N) is 1. The molecular formula is C9H19N3O. The second kappa shape index (κ2) is 4.46. The van der Waals surface area contributed by atoms with Crippen molar-refractivity contribution in [2.45, 2.75) is 19.4 Å². The van der Waals surface area contributed by atoms with Crippen LogP contribution in [0.4, 0.5) is 0 Å². The third-order valence-corrected chi connectivity index (χ3v) is 2.75. The van der Waals surface area contributed by atoms with Crippen LogP contribution in [0.5, 0.6) is 0 Å². The number of aliphatic imine (C=N–C) groups is 1. The van der Waals surface area contributed by atoms with E-state index < -0.39 is 0 Å². The molecule has 0 amide bonds. The van der Waals surface area contributed by atoms with Crippen molar-refractivity contribution in [3.8, 4) is 0 Å². The Hall–Kier alpha value is -0.770. The van der Waals surface area contributed by atoms with E-state index in [2.05, 4.69) is 16.8 Å². The Morgan fingerprint density at radius 3 is 2.85 bits per heavy atom. The summed E-state index contributed by atoms with van der Waals surface area (Å²) in [5, 5.41) is 0. The van der Waals surface area contributed by atoms with Crippen molar-refractivity contribution < 1.29 is 4.74 Å². The van der Waals surface area contributed by atoms with Gasteiger partial charge in [0.05, 0.1) is 6.10 Å². The van der Waals surface area contributed by atoms with Crippen LogP contribution in [0.2, 0.25) is 0 Å². The van der Waals surface area contributed by atoms with E-state index in [4.69, 9.17) is 10.5 Å². The van der Waals surface area contributed by atoms with Crippen LogP contribution in [0.25, 0.3) is 0 Å². The highest BCUT2D eigenvalue weighted by Crippen LogP contribution is 2.18. The van der Waals surface area contributed by atoms with Crippen LogP contribution in [-0.4, -0.2) is 44.2 Å². The lowest BCUT2D eigenvalue weighted by molar-refractivity contribution is 0.0146. The van der Waals surface area contributed by atoms with E-state index in [1.807, 2.05) is 0 Å². The highest BCUT2D eigenvalue weighted by atomic mass is 16.5. The number of likely N-dealkylation sites (tertiary alicyclic amines) is 1. The van der Waals surface area contributed by atoms with Gasteiger partial charge in [-0.25, -0.2) is 0 Å². The number of methoxy groups -OCH3 is 1. The average molecular weight is 185 g/mol. The topological polar surface area (TPSA) is 50.8 Å². The molecule has 1 heterocycles. The Kier molecular flexibility index (Phi) is 3.54. The Balaban J connectivity index is 2.54. The fraction of sp³-hybridized carbons (Fsp3) is 0.889. The van der Waals surface area contributed by atoms with E-state index in [1.54, 1.807) is 14.2 Å². The Morgan fingerprint density at radius 1 is 1.62 bits per heavy atom. The summed E-state index contributed by atoms with van der Waals surface area (Å²) in [6, 6.07) is 0. The average Bonchev–Trinajstić information content (AvgIpc) is 2.17. The van der Waals surface area contributed by atoms with E-state index in [1.165, 1.54) is 0 Å². The van der Waals surface area contributed by atoms with Gasteiger partial charge in [0.1, 0.15) is 0 Å². The second-order valence-electron chi connectivity index (χ2n) is 3.57. The molecule has 0 aliphatic carbocycles. The summed E-state index contributed by atoms with van der Waals surface area (Å²) in [4.78, 5) is 6.05. The molecule has 1 saturated heterocycles. The molecular weight excluding hydrogens is 166 g/mol. The predicted octanol–water partition coefficient (Wildman–Crippen LogP) is 0.288. The quantitative estimate of drug-likeness (QED) is 0.472. The van der Waals surface area contributed by atoms with Crippen LogP contribution in [0.15, 0.2) is 4.99 Å². The largest absolute Gasteiger partial charge is 0.379 e. The van der Waals surface area contributed by atoms with Crippen LogP contribution in [0.3, 0.4) is 0 Å². The molecule has 0 aromatic heterocycles. The van der Waals surface area contributed by atoms with Gasteiger partial charge in [-0.1, -0.05) is 6.92 Å². The van der Waals surface area contributed by atoms with Crippen LogP contribution in [-0.2, 0) is 4.74 Å². The number of rotatable bonds is 1. The minimum absolute atomic E-state index is 0.286. The first-order valence-corrected chi connectivity index (χ1v) is 4.69. The summed E-state index contributed by atoms with van der Waals surface area (Å²) in [5.41, 5.74) is 5.73.